The molecule has 1 aliphatic rings. The van der Waals surface area contributed by atoms with Crippen LogP contribution in [0.1, 0.15) is 52.3 Å². The second kappa shape index (κ2) is 11.4. The highest BCUT2D eigenvalue weighted by molar-refractivity contribution is 7.80. The van der Waals surface area contributed by atoms with E-state index >= 15 is 0 Å². The number of hydrogen-bond acceptors (Lipinski definition) is 3. The number of nitrogens with one attached hydrogen (secondary N) is 2. The molecule has 0 aliphatic carbocycles. The summed E-state index contributed by atoms with van der Waals surface area (Å²) >= 11 is 5.74. The Hall–Kier alpha value is -4.18. The number of aromatic nitrogens is 2. The minimum Gasteiger partial charge on any atom is -0.352 e. The molecular formula is C31H30F3N5OS. The lowest BCUT2D eigenvalue weighted by Gasteiger charge is -2.28. The lowest BCUT2D eigenvalue weighted by atomic mass is 9.96. The van der Waals surface area contributed by atoms with Gasteiger partial charge in [-0.1, -0.05) is 35.9 Å². The molecule has 4 aromatic rings. The Morgan fingerprint density at radius 2 is 1.73 bits per heavy atom. The van der Waals surface area contributed by atoms with Gasteiger partial charge < -0.3 is 20.1 Å². The molecule has 0 saturated carbocycles. The first-order valence-corrected chi connectivity index (χ1v) is 13.7. The third-order valence-electron chi connectivity index (χ3n) is 7.35. The fourth-order valence-electron chi connectivity index (χ4n) is 5.43. The van der Waals surface area contributed by atoms with E-state index in [1.165, 1.54) is 12.1 Å². The average molecular weight is 578 g/mol. The van der Waals surface area contributed by atoms with Crippen molar-refractivity contribution in [3.63, 3.8) is 0 Å². The molecule has 2 atom stereocenters. The molecule has 2 aromatic heterocycles. The standard InChI is InChI=1S/C31H30F3N5OS/c1-19-11-13-22(14-12-19)36-27(40)15-17-38-29(28(37-30(38)41)25-9-6-7-16-35-25)23-18-20(2)39(21(23)3)26-10-5-4-8-24(26)31(32,33)34/h4-14,16,18,28-29H,15,17H2,1-3H3,(H,36,40)(H,37,41)/t28-,29-/m1/s1. The monoisotopic (exact) mass is 577 g/mol. The molecule has 2 N–H and O–H groups in total. The smallest absolute Gasteiger partial charge is 0.352 e. The van der Waals surface area contributed by atoms with Crippen LogP contribution in [0.5, 0.6) is 0 Å². The lowest BCUT2D eigenvalue weighted by molar-refractivity contribution is -0.137. The Bertz CT molecular complexity index is 1570. The minimum absolute atomic E-state index is 0.0631. The topological polar surface area (TPSA) is 62.2 Å². The summed E-state index contributed by atoms with van der Waals surface area (Å²) in [4.78, 5) is 19.4. The molecular weight excluding hydrogens is 547 g/mol. The Labute approximate surface area is 242 Å². The van der Waals surface area contributed by atoms with Gasteiger partial charge >= 0.3 is 6.18 Å². The summed E-state index contributed by atoms with van der Waals surface area (Å²) in [6.45, 7) is 5.89. The van der Waals surface area contributed by atoms with E-state index in [4.69, 9.17) is 12.2 Å². The van der Waals surface area contributed by atoms with Gasteiger partial charge in [0.1, 0.15) is 0 Å². The average Bonchev–Trinajstić information content (AvgIpc) is 3.42. The summed E-state index contributed by atoms with van der Waals surface area (Å²) in [5.41, 5.74) is 4.02. The second-order valence-corrected chi connectivity index (χ2v) is 10.5. The molecule has 0 spiro atoms. The van der Waals surface area contributed by atoms with Crippen LogP contribution in [0, 0.1) is 20.8 Å². The molecule has 1 aliphatic heterocycles. The fraction of sp³-hybridized carbons (Fsp3) is 0.258. The zero-order valence-electron chi connectivity index (χ0n) is 22.9. The van der Waals surface area contributed by atoms with Crippen molar-refractivity contribution in [2.24, 2.45) is 0 Å². The van der Waals surface area contributed by atoms with Gasteiger partial charge in [0.2, 0.25) is 5.91 Å². The maximum absolute atomic E-state index is 14.0. The molecule has 5 rings (SSSR count). The van der Waals surface area contributed by atoms with Crippen LogP contribution in [0.4, 0.5) is 18.9 Å². The summed E-state index contributed by atoms with van der Waals surface area (Å²) in [5, 5.41) is 6.73. The van der Waals surface area contributed by atoms with Crippen molar-refractivity contribution in [2.75, 3.05) is 11.9 Å². The summed E-state index contributed by atoms with van der Waals surface area (Å²) in [6, 6.07) is 19.8. The van der Waals surface area contributed by atoms with Crippen molar-refractivity contribution in [2.45, 2.75) is 45.5 Å². The summed E-state index contributed by atoms with van der Waals surface area (Å²) < 4.78 is 43.5. The summed E-state index contributed by atoms with van der Waals surface area (Å²) in [5.74, 6) is -0.165. The number of carbonyl (C=O) groups is 1. The van der Waals surface area contributed by atoms with Gasteiger partial charge in [-0.3, -0.25) is 9.78 Å². The number of halogens is 3. The number of carbonyl (C=O) groups excluding carboxylic acids is 1. The highest BCUT2D eigenvalue weighted by Crippen LogP contribution is 2.42. The normalized spacial score (nSPS) is 17.0. The number of nitrogens with zero attached hydrogens (tertiary/aromatic N) is 3. The van der Waals surface area contributed by atoms with Gasteiger partial charge in [0.25, 0.3) is 0 Å². The number of rotatable bonds is 7. The van der Waals surface area contributed by atoms with Gasteiger partial charge in [-0.25, -0.2) is 0 Å². The SMILES string of the molecule is Cc1ccc(NC(=O)CCN2C(=S)N[C@H](c3ccccn3)[C@H]2c2cc(C)n(-c3ccccc3C(F)(F)F)c2C)cc1. The number of para-hydroxylation sites is 1. The van der Waals surface area contributed by atoms with Crippen LogP contribution in [0.2, 0.25) is 0 Å². The van der Waals surface area contributed by atoms with Crippen molar-refractivity contribution in [1.82, 2.24) is 19.8 Å². The van der Waals surface area contributed by atoms with Crippen LogP contribution >= 0.6 is 12.2 Å². The van der Waals surface area contributed by atoms with Crippen LogP contribution in [-0.4, -0.2) is 32.0 Å². The first kappa shape index (κ1) is 28.4. The molecule has 0 bridgehead atoms. The number of anilines is 1. The number of alkyl halides is 3. The largest absolute Gasteiger partial charge is 0.418 e. The van der Waals surface area contributed by atoms with E-state index in [2.05, 4.69) is 15.6 Å². The molecule has 1 saturated heterocycles. The Morgan fingerprint density at radius 1 is 1.02 bits per heavy atom. The number of hydrogen-bond donors (Lipinski definition) is 2. The number of aryl methyl sites for hydroxylation is 2. The van der Waals surface area contributed by atoms with E-state index in [9.17, 15) is 18.0 Å². The predicted molar refractivity (Wildman–Crippen MR) is 157 cm³/mol. The molecule has 10 heteroatoms. The zero-order chi connectivity index (χ0) is 29.3. The van der Waals surface area contributed by atoms with Crippen molar-refractivity contribution < 1.29 is 18.0 Å². The van der Waals surface area contributed by atoms with Gasteiger partial charge in [0, 0.05) is 36.2 Å². The molecule has 0 radical (unpaired) electrons. The van der Waals surface area contributed by atoms with Crippen molar-refractivity contribution >= 4 is 28.9 Å². The van der Waals surface area contributed by atoms with Gasteiger partial charge in [-0.05, 0) is 81.0 Å². The quantitative estimate of drug-likeness (QED) is 0.236. The molecule has 0 unspecified atom stereocenters. The maximum Gasteiger partial charge on any atom is 0.418 e. The first-order chi connectivity index (χ1) is 19.5. The molecule has 1 fully saturated rings. The first-order valence-electron chi connectivity index (χ1n) is 13.2. The second-order valence-electron chi connectivity index (χ2n) is 10.2. The third-order valence-corrected chi connectivity index (χ3v) is 7.70. The zero-order valence-corrected chi connectivity index (χ0v) is 23.7. The van der Waals surface area contributed by atoms with Crippen LogP contribution in [0.25, 0.3) is 5.69 Å². The summed E-state index contributed by atoms with van der Waals surface area (Å²) in [6.07, 6.45) is -2.65. The highest BCUT2D eigenvalue weighted by atomic mass is 32.1. The van der Waals surface area contributed by atoms with Crippen molar-refractivity contribution in [3.05, 3.63) is 113 Å². The van der Waals surface area contributed by atoms with Crippen molar-refractivity contribution in [3.8, 4) is 5.69 Å². The molecule has 3 heterocycles. The van der Waals surface area contributed by atoms with E-state index in [1.54, 1.807) is 23.8 Å². The van der Waals surface area contributed by atoms with E-state index in [0.717, 1.165) is 22.9 Å². The van der Waals surface area contributed by atoms with Crippen LogP contribution < -0.4 is 10.6 Å². The number of pyridine rings is 1. The van der Waals surface area contributed by atoms with Crippen LogP contribution in [0.15, 0.2) is 79.0 Å². The lowest BCUT2D eigenvalue weighted by Crippen LogP contribution is -2.32. The predicted octanol–water partition coefficient (Wildman–Crippen LogP) is 6.82. The maximum atomic E-state index is 14.0. The summed E-state index contributed by atoms with van der Waals surface area (Å²) in [7, 11) is 0. The molecule has 6 nitrogen and oxygen atoms in total. The van der Waals surface area contributed by atoms with E-state index < -0.39 is 17.8 Å². The highest BCUT2D eigenvalue weighted by Gasteiger charge is 2.42. The van der Waals surface area contributed by atoms with E-state index in [1.807, 2.05) is 67.3 Å². The fourth-order valence-corrected chi connectivity index (χ4v) is 5.77. The molecule has 2 aromatic carbocycles. The van der Waals surface area contributed by atoms with Gasteiger partial charge in [-0.2, -0.15) is 13.2 Å². The van der Waals surface area contributed by atoms with Crippen LogP contribution in [-0.2, 0) is 11.0 Å². The van der Waals surface area contributed by atoms with Crippen molar-refractivity contribution in [1.29, 1.82) is 0 Å². The van der Waals surface area contributed by atoms with Gasteiger partial charge in [0.05, 0.1) is 29.0 Å². The number of thiocarbonyl (C=S) groups is 1. The Morgan fingerprint density at radius 3 is 2.41 bits per heavy atom. The Kier molecular flexibility index (Phi) is 7.86. The Balaban J connectivity index is 1.51. The van der Waals surface area contributed by atoms with Gasteiger partial charge in [0.15, 0.2) is 5.11 Å². The van der Waals surface area contributed by atoms with Gasteiger partial charge in [-0.15, -0.1) is 0 Å². The third kappa shape index (κ3) is 5.83. The van der Waals surface area contributed by atoms with Crippen LogP contribution in [0.3, 0.4) is 0 Å². The number of benzene rings is 2. The molecule has 212 valence electrons. The molecule has 1 amide bonds. The van der Waals surface area contributed by atoms with E-state index in [-0.39, 0.29) is 24.1 Å². The molecule has 41 heavy (non-hydrogen) atoms. The minimum atomic E-state index is -4.51. The van der Waals surface area contributed by atoms with E-state index in [0.29, 0.717) is 28.7 Å². The number of amides is 1.